The van der Waals surface area contributed by atoms with Crippen molar-refractivity contribution < 1.29 is 14.7 Å². The highest BCUT2D eigenvalue weighted by atomic mass is 16.4. The average molecular weight is 233 g/mol. The van der Waals surface area contributed by atoms with Crippen LogP contribution < -0.4 is 4.90 Å². The van der Waals surface area contributed by atoms with Gasteiger partial charge in [0.05, 0.1) is 11.3 Å². The molecular weight excluding hydrogens is 218 g/mol. The standard InChI is InChI=1S/C13H15NO3/c1-9-5-6-11(10(8-9)13(16)17)14-7-3-2-4-12(14)15/h5-6,8H,2-4,7H2,1H3,(H,16,17). The van der Waals surface area contributed by atoms with Crippen molar-refractivity contribution in [2.75, 3.05) is 11.4 Å². The van der Waals surface area contributed by atoms with E-state index < -0.39 is 5.97 Å². The highest BCUT2D eigenvalue weighted by Crippen LogP contribution is 2.26. The number of aromatic carboxylic acids is 1. The average Bonchev–Trinajstić information content (AvgIpc) is 2.30. The number of rotatable bonds is 2. The van der Waals surface area contributed by atoms with Gasteiger partial charge in [-0.15, -0.1) is 0 Å². The number of hydrogen-bond acceptors (Lipinski definition) is 2. The third-order valence-corrected chi connectivity index (χ3v) is 3.00. The summed E-state index contributed by atoms with van der Waals surface area (Å²) >= 11 is 0. The quantitative estimate of drug-likeness (QED) is 0.852. The lowest BCUT2D eigenvalue weighted by atomic mass is 10.0. The summed E-state index contributed by atoms with van der Waals surface area (Å²) in [4.78, 5) is 24.6. The minimum atomic E-state index is -0.984. The van der Waals surface area contributed by atoms with Crippen molar-refractivity contribution in [1.29, 1.82) is 0 Å². The van der Waals surface area contributed by atoms with Gasteiger partial charge in [0.2, 0.25) is 5.91 Å². The van der Waals surface area contributed by atoms with Crippen LogP contribution in [-0.2, 0) is 4.79 Å². The molecule has 1 aromatic carbocycles. The lowest BCUT2D eigenvalue weighted by Gasteiger charge is -2.28. The highest BCUT2D eigenvalue weighted by molar-refractivity contribution is 6.02. The molecule has 1 heterocycles. The molecule has 0 unspecified atom stereocenters. The Labute approximate surface area is 99.9 Å². The zero-order valence-corrected chi connectivity index (χ0v) is 9.77. The second kappa shape index (κ2) is 4.57. The molecule has 0 spiro atoms. The van der Waals surface area contributed by atoms with Gasteiger partial charge in [-0.25, -0.2) is 4.79 Å². The van der Waals surface area contributed by atoms with Gasteiger partial charge in [0, 0.05) is 13.0 Å². The van der Waals surface area contributed by atoms with Crippen LogP contribution in [0.15, 0.2) is 18.2 Å². The maximum Gasteiger partial charge on any atom is 0.337 e. The smallest absolute Gasteiger partial charge is 0.337 e. The van der Waals surface area contributed by atoms with Gasteiger partial charge in [-0.3, -0.25) is 4.79 Å². The van der Waals surface area contributed by atoms with E-state index in [-0.39, 0.29) is 11.5 Å². The van der Waals surface area contributed by atoms with Gasteiger partial charge in [0.1, 0.15) is 0 Å². The Morgan fingerprint density at radius 2 is 2.12 bits per heavy atom. The van der Waals surface area contributed by atoms with E-state index in [2.05, 4.69) is 0 Å². The third kappa shape index (κ3) is 2.30. The molecule has 90 valence electrons. The maximum atomic E-state index is 11.8. The van der Waals surface area contributed by atoms with Crippen molar-refractivity contribution in [3.63, 3.8) is 0 Å². The van der Waals surface area contributed by atoms with Crippen LogP contribution in [0.4, 0.5) is 5.69 Å². The van der Waals surface area contributed by atoms with Gasteiger partial charge in [-0.2, -0.15) is 0 Å². The van der Waals surface area contributed by atoms with E-state index in [4.69, 9.17) is 5.11 Å². The molecule has 0 atom stereocenters. The molecule has 0 saturated carbocycles. The second-order valence-corrected chi connectivity index (χ2v) is 4.33. The lowest BCUT2D eigenvalue weighted by molar-refractivity contribution is -0.119. The molecule has 1 saturated heterocycles. The number of anilines is 1. The van der Waals surface area contributed by atoms with Crippen LogP contribution in [0.2, 0.25) is 0 Å². The first-order valence-electron chi connectivity index (χ1n) is 5.74. The Morgan fingerprint density at radius 3 is 2.76 bits per heavy atom. The Balaban J connectivity index is 2.43. The fourth-order valence-corrected chi connectivity index (χ4v) is 2.12. The van der Waals surface area contributed by atoms with Crippen molar-refractivity contribution in [2.24, 2.45) is 0 Å². The van der Waals surface area contributed by atoms with E-state index in [1.54, 1.807) is 17.0 Å². The zero-order chi connectivity index (χ0) is 12.4. The summed E-state index contributed by atoms with van der Waals surface area (Å²) in [7, 11) is 0. The lowest BCUT2D eigenvalue weighted by Crippen LogP contribution is -2.36. The van der Waals surface area contributed by atoms with Crippen LogP contribution in [0.25, 0.3) is 0 Å². The summed E-state index contributed by atoms with van der Waals surface area (Å²) in [5.74, 6) is -0.968. The van der Waals surface area contributed by atoms with Gasteiger partial charge >= 0.3 is 5.97 Å². The fraction of sp³-hybridized carbons (Fsp3) is 0.385. The number of amides is 1. The molecule has 1 amide bonds. The molecular formula is C13H15NO3. The minimum absolute atomic E-state index is 0.0163. The molecule has 1 aliphatic rings. The van der Waals surface area contributed by atoms with Crippen LogP contribution in [-0.4, -0.2) is 23.5 Å². The van der Waals surface area contributed by atoms with Crippen molar-refractivity contribution in [3.8, 4) is 0 Å². The first-order chi connectivity index (χ1) is 8.09. The van der Waals surface area contributed by atoms with Crippen LogP contribution in [0, 0.1) is 6.92 Å². The number of benzene rings is 1. The molecule has 1 aromatic rings. The number of carbonyl (C=O) groups excluding carboxylic acids is 1. The van der Waals surface area contributed by atoms with Crippen LogP contribution in [0.5, 0.6) is 0 Å². The number of hydrogen-bond donors (Lipinski definition) is 1. The molecule has 1 fully saturated rings. The van der Waals surface area contributed by atoms with Crippen LogP contribution >= 0.6 is 0 Å². The van der Waals surface area contributed by atoms with Crippen molar-refractivity contribution in [2.45, 2.75) is 26.2 Å². The topological polar surface area (TPSA) is 57.6 Å². The van der Waals surface area contributed by atoms with Gasteiger partial charge in [-0.05, 0) is 31.9 Å². The molecule has 1 aliphatic heterocycles. The Morgan fingerprint density at radius 1 is 1.35 bits per heavy atom. The second-order valence-electron chi connectivity index (χ2n) is 4.33. The Kier molecular flexibility index (Phi) is 3.13. The molecule has 2 rings (SSSR count). The summed E-state index contributed by atoms with van der Waals surface area (Å²) in [5, 5.41) is 9.17. The van der Waals surface area contributed by atoms with Gasteiger partial charge in [0.15, 0.2) is 0 Å². The third-order valence-electron chi connectivity index (χ3n) is 3.00. The highest BCUT2D eigenvalue weighted by Gasteiger charge is 2.23. The number of carboxylic acid groups (broad SMARTS) is 1. The number of aryl methyl sites for hydroxylation is 1. The predicted molar refractivity (Wildman–Crippen MR) is 64.3 cm³/mol. The maximum absolute atomic E-state index is 11.8. The normalized spacial score (nSPS) is 16.1. The van der Waals surface area contributed by atoms with Gasteiger partial charge < -0.3 is 10.0 Å². The number of piperidine rings is 1. The molecule has 4 nitrogen and oxygen atoms in total. The summed E-state index contributed by atoms with van der Waals surface area (Å²) in [6.07, 6.45) is 2.33. The monoisotopic (exact) mass is 233 g/mol. The van der Waals surface area contributed by atoms with Gasteiger partial charge in [0.25, 0.3) is 0 Å². The van der Waals surface area contributed by atoms with Crippen LogP contribution in [0.1, 0.15) is 35.2 Å². The molecule has 1 N–H and O–H groups in total. The minimum Gasteiger partial charge on any atom is -0.478 e. The summed E-state index contributed by atoms with van der Waals surface area (Å²) in [6.45, 7) is 2.45. The van der Waals surface area contributed by atoms with Crippen molar-refractivity contribution in [1.82, 2.24) is 0 Å². The van der Waals surface area contributed by atoms with E-state index in [0.717, 1.165) is 18.4 Å². The van der Waals surface area contributed by atoms with Crippen molar-refractivity contribution in [3.05, 3.63) is 29.3 Å². The van der Waals surface area contributed by atoms with E-state index in [0.29, 0.717) is 18.7 Å². The van der Waals surface area contributed by atoms with E-state index >= 15 is 0 Å². The van der Waals surface area contributed by atoms with Crippen molar-refractivity contribution >= 4 is 17.6 Å². The number of carbonyl (C=O) groups is 2. The van der Waals surface area contributed by atoms with Crippen LogP contribution in [0.3, 0.4) is 0 Å². The first-order valence-corrected chi connectivity index (χ1v) is 5.74. The summed E-state index contributed by atoms with van der Waals surface area (Å²) < 4.78 is 0. The Bertz CT molecular complexity index is 468. The Hall–Kier alpha value is -1.84. The molecule has 0 bridgehead atoms. The molecule has 0 aliphatic carbocycles. The largest absolute Gasteiger partial charge is 0.478 e. The number of carboxylic acids is 1. The SMILES string of the molecule is Cc1ccc(N2CCCCC2=O)c(C(=O)O)c1. The molecule has 4 heteroatoms. The van der Waals surface area contributed by atoms with E-state index in [1.807, 2.05) is 13.0 Å². The first kappa shape index (κ1) is 11.6. The van der Waals surface area contributed by atoms with E-state index in [9.17, 15) is 9.59 Å². The predicted octanol–water partition coefficient (Wildman–Crippen LogP) is 2.21. The zero-order valence-electron chi connectivity index (χ0n) is 9.77. The molecule has 17 heavy (non-hydrogen) atoms. The van der Waals surface area contributed by atoms with E-state index in [1.165, 1.54) is 0 Å². The van der Waals surface area contributed by atoms with Gasteiger partial charge in [-0.1, -0.05) is 11.6 Å². The molecule has 0 aromatic heterocycles. The fourth-order valence-electron chi connectivity index (χ4n) is 2.12. The molecule has 0 radical (unpaired) electrons. The summed E-state index contributed by atoms with van der Waals surface area (Å²) in [6, 6.07) is 5.17. The number of nitrogens with zero attached hydrogens (tertiary/aromatic N) is 1. The summed E-state index contributed by atoms with van der Waals surface area (Å²) in [5.41, 5.74) is 1.61.